The minimum Gasteiger partial charge on any atom is -0.339 e. The molecule has 5 heteroatoms. The minimum atomic E-state index is 0.788. The standard InChI is InChI=1S/C13H16ClN3S/c1-2-6-15-9-10-11(14)4-3-5-12(10)18-13-16-7-8-17-13/h3-5,7-8,15H,2,6,9H2,1H3,(H,16,17). The number of nitrogens with zero attached hydrogens (tertiary/aromatic N) is 1. The summed E-state index contributed by atoms with van der Waals surface area (Å²) >= 11 is 7.87. The molecule has 1 heterocycles. The molecule has 0 saturated carbocycles. The molecule has 2 N–H and O–H groups in total. The van der Waals surface area contributed by atoms with Crippen LogP contribution in [-0.2, 0) is 6.54 Å². The fourth-order valence-corrected chi connectivity index (χ4v) is 2.81. The highest BCUT2D eigenvalue weighted by atomic mass is 35.5. The first-order valence-electron chi connectivity index (χ1n) is 5.96. The minimum absolute atomic E-state index is 0.788. The van der Waals surface area contributed by atoms with Crippen molar-refractivity contribution < 1.29 is 0 Å². The number of benzene rings is 1. The molecule has 3 nitrogen and oxygen atoms in total. The second-order valence-corrected chi connectivity index (χ2v) is 5.33. The van der Waals surface area contributed by atoms with Crippen LogP contribution in [0.3, 0.4) is 0 Å². The van der Waals surface area contributed by atoms with Gasteiger partial charge in [-0.25, -0.2) is 4.98 Å². The van der Waals surface area contributed by atoms with Crippen molar-refractivity contribution in [2.45, 2.75) is 29.9 Å². The van der Waals surface area contributed by atoms with Gasteiger partial charge in [0, 0.05) is 28.9 Å². The van der Waals surface area contributed by atoms with Gasteiger partial charge in [-0.15, -0.1) is 0 Å². The second-order valence-electron chi connectivity index (χ2n) is 3.89. The van der Waals surface area contributed by atoms with Gasteiger partial charge in [-0.3, -0.25) is 0 Å². The zero-order valence-electron chi connectivity index (χ0n) is 10.2. The Bertz CT molecular complexity index is 485. The van der Waals surface area contributed by atoms with Crippen LogP contribution in [-0.4, -0.2) is 16.5 Å². The summed E-state index contributed by atoms with van der Waals surface area (Å²) in [5.74, 6) is 0. The summed E-state index contributed by atoms with van der Waals surface area (Å²) < 4.78 is 0. The lowest BCUT2D eigenvalue weighted by atomic mass is 10.2. The Morgan fingerprint density at radius 3 is 3.06 bits per heavy atom. The lowest BCUT2D eigenvalue weighted by Gasteiger charge is -2.10. The van der Waals surface area contributed by atoms with Crippen molar-refractivity contribution >= 4 is 23.4 Å². The van der Waals surface area contributed by atoms with Gasteiger partial charge < -0.3 is 10.3 Å². The summed E-state index contributed by atoms with van der Waals surface area (Å²) in [6, 6.07) is 5.97. The molecular formula is C13H16ClN3S. The molecule has 0 fully saturated rings. The predicted octanol–water partition coefficient (Wildman–Crippen LogP) is 3.71. The van der Waals surface area contributed by atoms with Crippen LogP contribution in [0.2, 0.25) is 5.02 Å². The quantitative estimate of drug-likeness (QED) is 0.793. The van der Waals surface area contributed by atoms with Crippen molar-refractivity contribution in [3.05, 3.63) is 41.2 Å². The van der Waals surface area contributed by atoms with E-state index in [1.54, 1.807) is 18.0 Å². The van der Waals surface area contributed by atoms with Crippen molar-refractivity contribution in [3.8, 4) is 0 Å². The van der Waals surface area contributed by atoms with E-state index < -0.39 is 0 Å². The van der Waals surface area contributed by atoms with Crippen LogP contribution in [0.5, 0.6) is 0 Å². The number of aromatic nitrogens is 2. The number of hydrogen-bond donors (Lipinski definition) is 2. The van der Waals surface area contributed by atoms with E-state index in [2.05, 4.69) is 28.3 Å². The van der Waals surface area contributed by atoms with E-state index in [-0.39, 0.29) is 0 Å². The number of imidazole rings is 1. The Kier molecular flexibility index (Phi) is 5.11. The maximum Gasteiger partial charge on any atom is 0.170 e. The molecule has 0 spiro atoms. The Morgan fingerprint density at radius 2 is 2.33 bits per heavy atom. The van der Waals surface area contributed by atoms with E-state index in [1.807, 2.05) is 18.3 Å². The van der Waals surface area contributed by atoms with Gasteiger partial charge in [-0.1, -0.05) is 36.4 Å². The van der Waals surface area contributed by atoms with E-state index in [9.17, 15) is 0 Å². The zero-order chi connectivity index (χ0) is 12.8. The van der Waals surface area contributed by atoms with Gasteiger partial charge in [0.05, 0.1) is 0 Å². The zero-order valence-corrected chi connectivity index (χ0v) is 11.8. The molecule has 18 heavy (non-hydrogen) atoms. The summed E-state index contributed by atoms with van der Waals surface area (Å²) in [7, 11) is 0. The summed E-state index contributed by atoms with van der Waals surface area (Å²) in [6.07, 6.45) is 4.69. The average molecular weight is 282 g/mol. The van der Waals surface area contributed by atoms with Crippen molar-refractivity contribution in [1.82, 2.24) is 15.3 Å². The number of rotatable bonds is 6. The van der Waals surface area contributed by atoms with Gasteiger partial charge in [0.15, 0.2) is 5.16 Å². The molecule has 1 aromatic heterocycles. The Balaban J connectivity index is 2.15. The van der Waals surface area contributed by atoms with Crippen molar-refractivity contribution in [2.75, 3.05) is 6.54 Å². The van der Waals surface area contributed by atoms with E-state index in [4.69, 9.17) is 11.6 Å². The molecule has 2 aromatic rings. The molecule has 2 rings (SSSR count). The lowest BCUT2D eigenvalue weighted by molar-refractivity contribution is 0.669. The van der Waals surface area contributed by atoms with E-state index in [0.717, 1.165) is 40.1 Å². The monoisotopic (exact) mass is 281 g/mol. The molecule has 0 aliphatic rings. The summed E-state index contributed by atoms with van der Waals surface area (Å²) in [4.78, 5) is 8.45. The van der Waals surface area contributed by atoms with Gasteiger partial charge in [0.1, 0.15) is 0 Å². The largest absolute Gasteiger partial charge is 0.339 e. The summed E-state index contributed by atoms with van der Waals surface area (Å²) in [5, 5.41) is 5.07. The fraction of sp³-hybridized carbons (Fsp3) is 0.308. The number of nitrogens with one attached hydrogen (secondary N) is 2. The molecular weight excluding hydrogens is 266 g/mol. The normalized spacial score (nSPS) is 10.8. The third kappa shape index (κ3) is 3.51. The number of hydrogen-bond acceptors (Lipinski definition) is 3. The number of H-pyrrole nitrogens is 1. The number of halogens is 1. The average Bonchev–Trinajstić information content (AvgIpc) is 2.86. The Labute approximate surface area is 116 Å². The van der Waals surface area contributed by atoms with Gasteiger partial charge in [-0.05, 0) is 30.7 Å². The molecule has 96 valence electrons. The van der Waals surface area contributed by atoms with Gasteiger partial charge in [-0.2, -0.15) is 0 Å². The van der Waals surface area contributed by atoms with Gasteiger partial charge >= 0.3 is 0 Å². The Hall–Kier alpha value is -0.970. The molecule has 0 saturated heterocycles. The molecule has 0 aliphatic heterocycles. The van der Waals surface area contributed by atoms with Crippen LogP contribution in [0, 0.1) is 0 Å². The summed E-state index contributed by atoms with van der Waals surface area (Å²) in [5.41, 5.74) is 1.13. The molecule has 0 aliphatic carbocycles. The maximum absolute atomic E-state index is 6.26. The van der Waals surface area contributed by atoms with Crippen LogP contribution in [0.1, 0.15) is 18.9 Å². The van der Waals surface area contributed by atoms with Crippen LogP contribution in [0.15, 0.2) is 40.6 Å². The third-order valence-corrected chi connectivity index (χ3v) is 3.86. The van der Waals surface area contributed by atoms with E-state index >= 15 is 0 Å². The van der Waals surface area contributed by atoms with Crippen LogP contribution in [0.25, 0.3) is 0 Å². The topological polar surface area (TPSA) is 40.7 Å². The molecule has 0 radical (unpaired) electrons. The molecule has 0 amide bonds. The van der Waals surface area contributed by atoms with Crippen molar-refractivity contribution in [1.29, 1.82) is 0 Å². The van der Waals surface area contributed by atoms with Gasteiger partial charge in [0.2, 0.25) is 0 Å². The highest BCUT2D eigenvalue weighted by Crippen LogP contribution is 2.31. The Morgan fingerprint density at radius 1 is 1.44 bits per heavy atom. The molecule has 0 bridgehead atoms. The molecule has 0 atom stereocenters. The predicted molar refractivity (Wildman–Crippen MR) is 76.2 cm³/mol. The van der Waals surface area contributed by atoms with E-state index in [0.29, 0.717) is 0 Å². The van der Waals surface area contributed by atoms with Crippen LogP contribution >= 0.6 is 23.4 Å². The number of aromatic amines is 1. The second kappa shape index (κ2) is 6.83. The van der Waals surface area contributed by atoms with Crippen molar-refractivity contribution in [2.24, 2.45) is 0 Å². The van der Waals surface area contributed by atoms with Gasteiger partial charge in [0.25, 0.3) is 0 Å². The fourth-order valence-electron chi connectivity index (χ4n) is 1.61. The SMILES string of the molecule is CCCNCc1c(Cl)cccc1Sc1ncc[nH]1. The van der Waals surface area contributed by atoms with Crippen LogP contribution in [0.4, 0.5) is 0 Å². The highest BCUT2D eigenvalue weighted by Gasteiger charge is 2.09. The maximum atomic E-state index is 6.26. The van der Waals surface area contributed by atoms with Crippen molar-refractivity contribution in [3.63, 3.8) is 0 Å². The highest BCUT2D eigenvalue weighted by molar-refractivity contribution is 7.99. The van der Waals surface area contributed by atoms with E-state index in [1.165, 1.54) is 0 Å². The first-order valence-corrected chi connectivity index (χ1v) is 7.16. The first kappa shape index (κ1) is 13.5. The summed E-state index contributed by atoms with van der Waals surface area (Å²) in [6.45, 7) is 3.94. The smallest absolute Gasteiger partial charge is 0.170 e. The first-order chi connectivity index (χ1) is 8.81. The third-order valence-electron chi connectivity index (χ3n) is 2.48. The molecule has 1 aromatic carbocycles. The lowest BCUT2D eigenvalue weighted by Crippen LogP contribution is -2.14. The molecule has 0 unspecified atom stereocenters. The van der Waals surface area contributed by atoms with Crippen LogP contribution < -0.4 is 5.32 Å².